The molecular formula is C19H24N2O5S. The highest BCUT2D eigenvalue weighted by atomic mass is 32.2. The standard InChI is InChI=1S/C19H24N2O5S/c1-5-14-8-6-7-13(2)19(14)21-18(22)12-20-27(23,24)15-9-10-16(25-3)17(11-15)26-4/h6-11,20H,5,12H2,1-4H3,(H,21,22). The van der Waals surface area contributed by atoms with E-state index in [0.717, 1.165) is 23.2 Å². The van der Waals surface area contributed by atoms with Crippen LogP contribution < -0.4 is 19.5 Å². The zero-order chi connectivity index (χ0) is 20.0. The van der Waals surface area contributed by atoms with Gasteiger partial charge in [0.1, 0.15) is 0 Å². The van der Waals surface area contributed by atoms with Crippen LogP contribution in [0.4, 0.5) is 5.69 Å². The molecule has 8 heteroatoms. The summed E-state index contributed by atoms with van der Waals surface area (Å²) in [4.78, 5) is 12.2. The highest BCUT2D eigenvalue weighted by Gasteiger charge is 2.18. The molecule has 0 unspecified atom stereocenters. The fourth-order valence-electron chi connectivity index (χ4n) is 2.61. The number of aryl methyl sites for hydroxylation is 2. The van der Waals surface area contributed by atoms with Crippen molar-refractivity contribution in [3.63, 3.8) is 0 Å². The van der Waals surface area contributed by atoms with Gasteiger partial charge in [0.2, 0.25) is 15.9 Å². The van der Waals surface area contributed by atoms with Crippen molar-refractivity contribution < 1.29 is 22.7 Å². The van der Waals surface area contributed by atoms with E-state index in [1.807, 2.05) is 32.0 Å². The summed E-state index contributed by atoms with van der Waals surface area (Å²) in [7, 11) is -0.995. The number of carbonyl (C=O) groups is 1. The average Bonchev–Trinajstić information content (AvgIpc) is 2.67. The molecule has 0 bridgehead atoms. The molecular weight excluding hydrogens is 368 g/mol. The average molecular weight is 392 g/mol. The molecule has 0 aliphatic heterocycles. The third-order valence-corrected chi connectivity index (χ3v) is 5.49. The second kappa shape index (κ2) is 8.88. The van der Waals surface area contributed by atoms with Crippen molar-refractivity contribution in [3.8, 4) is 11.5 Å². The lowest BCUT2D eigenvalue weighted by Gasteiger charge is -2.14. The zero-order valence-corrected chi connectivity index (χ0v) is 16.6. The molecule has 0 atom stereocenters. The number of sulfonamides is 1. The van der Waals surface area contributed by atoms with E-state index in [9.17, 15) is 13.2 Å². The van der Waals surface area contributed by atoms with Gasteiger partial charge in [0.05, 0.1) is 25.7 Å². The lowest BCUT2D eigenvalue weighted by atomic mass is 10.1. The van der Waals surface area contributed by atoms with Gasteiger partial charge in [0, 0.05) is 11.8 Å². The molecule has 7 nitrogen and oxygen atoms in total. The molecule has 1 amide bonds. The number of amides is 1. The minimum absolute atomic E-state index is 0.0157. The van der Waals surface area contributed by atoms with Crippen LogP contribution in [0, 0.1) is 6.92 Å². The molecule has 0 aromatic heterocycles. The van der Waals surface area contributed by atoms with E-state index in [1.54, 1.807) is 0 Å². The number of hydrogen-bond donors (Lipinski definition) is 2. The third-order valence-electron chi connectivity index (χ3n) is 4.09. The van der Waals surface area contributed by atoms with E-state index in [4.69, 9.17) is 9.47 Å². The fourth-order valence-corrected chi connectivity index (χ4v) is 3.61. The molecule has 0 aliphatic rings. The summed E-state index contributed by atoms with van der Waals surface area (Å²) in [5, 5.41) is 2.78. The monoisotopic (exact) mass is 392 g/mol. The van der Waals surface area contributed by atoms with Crippen molar-refractivity contribution in [2.45, 2.75) is 25.2 Å². The Morgan fingerprint density at radius 3 is 2.41 bits per heavy atom. The summed E-state index contributed by atoms with van der Waals surface area (Å²) in [6, 6.07) is 9.96. The van der Waals surface area contributed by atoms with Crippen molar-refractivity contribution >= 4 is 21.6 Å². The normalized spacial score (nSPS) is 11.1. The van der Waals surface area contributed by atoms with Crippen LogP contribution in [-0.2, 0) is 21.2 Å². The van der Waals surface area contributed by atoms with Crippen LogP contribution in [0.3, 0.4) is 0 Å². The minimum atomic E-state index is -3.88. The molecule has 2 N–H and O–H groups in total. The van der Waals surface area contributed by atoms with E-state index in [0.29, 0.717) is 5.75 Å². The maximum absolute atomic E-state index is 12.5. The molecule has 0 saturated heterocycles. The number of benzene rings is 2. The predicted octanol–water partition coefficient (Wildman–Crippen LogP) is 2.49. The second-order valence-electron chi connectivity index (χ2n) is 5.85. The number of rotatable bonds is 8. The van der Waals surface area contributed by atoms with Gasteiger partial charge in [-0.05, 0) is 36.6 Å². The van der Waals surface area contributed by atoms with Gasteiger partial charge >= 0.3 is 0 Å². The Labute approximate surface area is 159 Å². The van der Waals surface area contributed by atoms with Crippen molar-refractivity contribution in [2.75, 3.05) is 26.1 Å². The van der Waals surface area contributed by atoms with E-state index in [2.05, 4.69) is 10.0 Å². The van der Waals surface area contributed by atoms with Gasteiger partial charge in [-0.25, -0.2) is 13.1 Å². The van der Waals surface area contributed by atoms with Gasteiger partial charge in [0.15, 0.2) is 11.5 Å². The van der Waals surface area contributed by atoms with Crippen LogP contribution in [0.1, 0.15) is 18.1 Å². The first kappa shape index (κ1) is 20.7. The first-order chi connectivity index (χ1) is 12.8. The Morgan fingerprint density at radius 1 is 1.07 bits per heavy atom. The minimum Gasteiger partial charge on any atom is -0.493 e. The highest BCUT2D eigenvalue weighted by Crippen LogP contribution is 2.29. The Hall–Kier alpha value is -2.58. The van der Waals surface area contributed by atoms with Gasteiger partial charge in [-0.15, -0.1) is 0 Å². The van der Waals surface area contributed by atoms with Gasteiger partial charge < -0.3 is 14.8 Å². The lowest BCUT2D eigenvalue weighted by molar-refractivity contribution is -0.115. The molecule has 0 heterocycles. The number of anilines is 1. The third kappa shape index (κ3) is 4.99. The zero-order valence-electron chi connectivity index (χ0n) is 15.8. The summed E-state index contributed by atoms with van der Waals surface area (Å²) in [5.41, 5.74) is 2.63. The molecule has 0 saturated carbocycles. The molecule has 0 fully saturated rings. The van der Waals surface area contributed by atoms with Crippen molar-refractivity contribution in [2.24, 2.45) is 0 Å². The van der Waals surface area contributed by atoms with E-state index in [-0.39, 0.29) is 17.2 Å². The van der Waals surface area contributed by atoms with Crippen LogP contribution >= 0.6 is 0 Å². The Bertz CT molecular complexity index is 926. The first-order valence-electron chi connectivity index (χ1n) is 8.42. The van der Waals surface area contributed by atoms with Crippen LogP contribution in [0.2, 0.25) is 0 Å². The SMILES string of the molecule is CCc1cccc(C)c1NC(=O)CNS(=O)(=O)c1ccc(OC)c(OC)c1. The molecule has 146 valence electrons. The fraction of sp³-hybridized carbons (Fsp3) is 0.316. The number of methoxy groups -OCH3 is 2. The molecule has 0 spiro atoms. The maximum Gasteiger partial charge on any atom is 0.241 e. The largest absolute Gasteiger partial charge is 0.493 e. The number of hydrogen-bond acceptors (Lipinski definition) is 5. The van der Waals surface area contributed by atoms with E-state index in [1.165, 1.54) is 32.4 Å². The lowest BCUT2D eigenvalue weighted by Crippen LogP contribution is -2.33. The van der Waals surface area contributed by atoms with Gasteiger partial charge in [-0.3, -0.25) is 4.79 Å². The molecule has 0 aliphatic carbocycles. The summed E-state index contributed by atoms with van der Waals surface area (Å²) >= 11 is 0. The smallest absolute Gasteiger partial charge is 0.241 e. The quantitative estimate of drug-likeness (QED) is 0.720. The predicted molar refractivity (Wildman–Crippen MR) is 104 cm³/mol. The van der Waals surface area contributed by atoms with Crippen molar-refractivity contribution in [1.29, 1.82) is 0 Å². The van der Waals surface area contributed by atoms with Crippen LogP contribution in [0.25, 0.3) is 0 Å². The first-order valence-corrected chi connectivity index (χ1v) is 9.90. The Kier molecular flexibility index (Phi) is 6.81. The summed E-state index contributed by atoms with van der Waals surface area (Å²) in [6.45, 7) is 3.50. The van der Waals surface area contributed by atoms with Crippen molar-refractivity contribution in [3.05, 3.63) is 47.5 Å². The maximum atomic E-state index is 12.5. The van der Waals surface area contributed by atoms with Gasteiger partial charge in [-0.2, -0.15) is 0 Å². The van der Waals surface area contributed by atoms with Crippen LogP contribution in [0.5, 0.6) is 11.5 Å². The Balaban J connectivity index is 2.10. The molecule has 2 rings (SSSR count). The van der Waals surface area contributed by atoms with E-state index >= 15 is 0 Å². The Morgan fingerprint density at radius 2 is 1.78 bits per heavy atom. The second-order valence-corrected chi connectivity index (χ2v) is 7.62. The summed E-state index contributed by atoms with van der Waals surface area (Å²) < 4.78 is 37.4. The topological polar surface area (TPSA) is 93.7 Å². The summed E-state index contributed by atoms with van der Waals surface area (Å²) in [5.74, 6) is 0.265. The molecule has 2 aromatic carbocycles. The molecule has 0 radical (unpaired) electrons. The van der Waals surface area contributed by atoms with Crippen LogP contribution in [-0.4, -0.2) is 35.1 Å². The number of ether oxygens (including phenoxy) is 2. The number of nitrogens with one attached hydrogen (secondary N) is 2. The molecule has 2 aromatic rings. The van der Waals surface area contributed by atoms with Gasteiger partial charge in [-0.1, -0.05) is 25.1 Å². The number of para-hydroxylation sites is 1. The number of carbonyl (C=O) groups excluding carboxylic acids is 1. The van der Waals surface area contributed by atoms with Crippen molar-refractivity contribution in [1.82, 2.24) is 4.72 Å². The van der Waals surface area contributed by atoms with E-state index < -0.39 is 15.9 Å². The highest BCUT2D eigenvalue weighted by molar-refractivity contribution is 7.89. The molecule has 27 heavy (non-hydrogen) atoms. The van der Waals surface area contributed by atoms with Gasteiger partial charge in [0.25, 0.3) is 0 Å². The summed E-state index contributed by atoms with van der Waals surface area (Å²) in [6.07, 6.45) is 0.759. The van der Waals surface area contributed by atoms with Crippen LogP contribution in [0.15, 0.2) is 41.3 Å².